The summed E-state index contributed by atoms with van der Waals surface area (Å²) in [4.78, 5) is 16.5. The van der Waals surface area contributed by atoms with E-state index in [2.05, 4.69) is 33.6 Å². The molecule has 0 spiro atoms. The number of aromatic nitrogens is 3. The van der Waals surface area contributed by atoms with Crippen LogP contribution in [0.4, 0.5) is 0 Å². The summed E-state index contributed by atoms with van der Waals surface area (Å²) in [5.41, 5.74) is 5.01. The topological polar surface area (TPSA) is 69.0 Å². The van der Waals surface area contributed by atoms with Gasteiger partial charge in [0.15, 0.2) is 0 Å². The Balaban J connectivity index is 1.41. The molecule has 1 aromatic carbocycles. The van der Waals surface area contributed by atoms with Gasteiger partial charge in [0, 0.05) is 42.4 Å². The molecule has 0 unspecified atom stereocenters. The first kappa shape index (κ1) is 18.4. The fourth-order valence-electron chi connectivity index (χ4n) is 3.34. The number of nitrogens with zero attached hydrogens (tertiary/aromatic N) is 3. The van der Waals surface area contributed by atoms with Gasteiger partial charge >= 0.3 is 0 Å². The van der Waals surface area contributed by atoms with Gasteiger partial charge in [-0.2, -0.15) is 5.10 Å². The first-order valence-corrected chi connectivity index (χ1v) is 9.62. The van der Waals surface area contributed by atoms with Gasteiger partial charge in [-0.3, -0.25) is 14.5 Å². The molecular formula is C22H24N4O2. The molecule has 0 aliphatic carbocycles. The molecule has 1 saturated heterocycles. The van der Waals surface area contributed by atoms with Gasteiger partial charge in [0.25, 0.3) is 0 Å². The second kappa shape index (κ2) is 8.35. The number of carbonyl (C=O) groups excluding carboxylic acids is 1. The van der Waals surface area contributed by atoms with E-state index in [4.69, 9.17) is 4.74 Å². The molecule has 0 saturated carbocycles. The summed E-state index contributed by atoms with van der Waals surface area (Å²) in [6.45, 7) is 3.54. The van der Waals surface area contributed by atoms with E-state index in [1.54, 1.807) is 4.68 Å². The number of hydrogen-bond donors (Lipinski definition) is 1. The van der Waals surface area contributed by atoms with Crippen molar-refractivity contribution >= 4 is 5.91 Å². The number of aryl methyl sites for hydroxylation is 1. The van der Waals surface area contributed by atoms with E-state index in [1.807, 2.05) is 43.6 Å². The molecule has 144 valence electrons. The smallest absolute Gasteiger partial charge is 0.241 e. The predicted octanol–water partition coefficient (Wildman–Crippen LogP) is 3.22. The largest absolute Gasteiger partial charge is 0.376 e. The van der Waals surface area contributed by atoms with E-state index in [0.717, 1.165) is 47.5 Å². The summed E-state index contributed by atoms with van der Waals surface area (Å²) in [6.07, 6.45) is 5.95. The van der Waals surface area contributed by atoms with Gasteiger partial charge in [-0.25, -0.2) is 0 Å². The predicted molar refractivity (Wildman–Crippen MR) is 108 cm³/mol. The van der Waals surface area contributed by atoms with E-state index in [0.29, 0.717) is 6.54 Å². The lowest BCUT2D eigenvalue weighted by molar-refractivity contribution is -0.122. The van der Waals surface area contributed by atoms with E-state index in [9.17, 15) is 4.79 Å². The minimum Gasteiger partial charge on any atom is -0.376 e. The normalized spacial score (nSPS) is 16.2. The molecule has 1 amide bonds. The first-order valence-electron chi connectivity index (χ1n) is 9.62. The van der Waals surface area contributed by atoms with Crippen LogP contribution >= 0.6 is 0 Å². The lowest BCUT2D eigenvalue weighted by atomic mass is 10.0. The van der Waals surface area contributed by atoms with Crippen molar-refractivity contribution < 1.29 is 9.53 Å². The molecule has 3 aromatic rings. The Morgan fingerprint density at radius 2 is 2.11 bits per heavy atom. The number of ether oxygens (including phenoxy) is 1. The molecule has 1 N–H and O–H groups in total. The molecule has 1 fully saturated rings. The monoisotopic (exact) mass is 376 g/mol. The van der Waals surface area contributed by atoms with E-state index in [1.165, 1.54) is 0 Å². The summed E-state index contributed by atoms with van der Waals surface area (Å²) in [7, 11) is 0. The van der Waals surface area contributed by atoms with Crippen LogP contribution in [0.1, 0.15) is 18.5 Å². The molecule has 28 heavy (non-hydrogen) atoms. The van der Waals surface area contributed by atoms with Crippen molar-refractivity contribution in [3.8, 4) is 22.4 Å². The number of pyridine rings is 1. The van der Waals surface area contributed by atoms with Gasteiger partial charge in [0.1, 0.15) is 6.54 Å². The van der Waals surface area contributed by atoms with Crippen LogP contribution in [0.15, 0.2) is 54.9 Å². The van der Waals surface area contributed by atoms with Gasteiger partial charge in [-0.15, -0.1) is 0 Å². The quantitative estimate of drug-likeness (QED) is 0.717. The van der Waals surface area contributed by atoms with Crippen molar-refractivity contribution in [2.24, 2.45) is 0 Å². The zero-order chi connectivity index (χ0) is 19.3. The SMILES string of the molecule is Cc1ccc(-c2cccc(-c3ccn(CC(=O)NC[C@H]4CCCO4)n3)c2)cn1. The Hall–Kier alpha value is -2.99. The highest BCUT2D eigenvalue weighted by Crippen LogP contribution is 2.25. The van der Waals surface area contributed by atoms with Gasteiger partial charge in [-0.05, 0) is 43.5 Å². The Bertz CT molecular complexity index is 943. The van der Waals surface area contributed by atoms with Crippen LogP contribution in [0.5, 0.6) is 0 Å². The van der Waals surface area contributed by atoms with Crippen molar-refractivity contribution in [2.75, 3.05) is 13.2 Å². The number of nitrogens with one attached hydrogen (secondary N) is 1. The Kier molecular flexibility index (Phi) is 5.48. The zero-order valence-electron chi connectivity index (χ0n) is 16.0. The first-order chi connectivity index (χ1) is 13.7. The fourth-order valence-corrected chi connectivity index (χ4v) is 3.34. The lowest BCUT2D eigenvalue weighted by Gasteiger charge is -2.10. The molecule has 1 atom stereocenters. The summed E-state index contributed by atoms with van der Waals surface area (Å²) >= 11 is 0. The molecule has 0 bridgehead atoms. The molecule has 4 rings (SSSR count). The van der Waals surface area contributed by atoms with Crippen molar-refractivity contribution in [2.45, 2.75) is 32.4 Å². The second-order valence-electron chi connectivity index (χ2n) is 7.11. The number of rotatable bonds is 6. The van der Waals surface area contributed by atoms with Gasteiger partial charge < -0.3 is 10.1 Å². The Morgan fingerprint density at radius 3 is 2.89 bits per heavy atom. The van der Waals surface area contributed by atoms with Crippen LogP contribution in [0.3, 0.4) is 0 Å². The van der Waals surface area contributed by atoms with Gasteiger partial charge in [0.05, 0.1) is 11.8 Å². The van der Waals surface area contributed by atoms with Crippen molar-refractivity contribution in [3.63, 3.8) is 0 Å². The number of hydrogen-bond acceptors (Lipinski definition) is 4. The van der Waals surface area contributed by atoms with E-state index < -0.39 is 0 Å². The lowest BCUT2D eigenvalue weighted by Crippen LogP contribution is -2.34. The average molecular weight is 376 g/mol. The molecule has 1 aliphatic heterocycles. The molecule has 6 heteroatoms. The maximum Gasteiger partial charge on any atom is 0.241 e. The highest BCUT2D eigenvalue weighted by Gasteiger charge is 2.16. The van der Waals surface area contributed by atoms with Crippen LogP contribution < -0.4 is 5.32 Å². The Labute approximate surface area is 164 Å². The maximum absolute atomic E-state index is 12.1. The number of amides is 1. The van der Waals surface area contributed by atoms with Gasteiger partial charge in [0.2, 0.25) is 5.91 Å². The standard InChI is InChI=1S/C22H24N4O2/c1-16-7-8-19(13-23-16)17-4-2-5-18(12-17)21-9-10-26(25-21)15-22(27)24-14-20-6-3-11-28-20/h2,4-5,7-10,12-13,20H,3,6,11,14-15H2,1H3,(H,24,27)/t20-/m1/s1. The Morgan fingerprint density at radius 1 is 1.21 bits per heavy atom. The highest BCUT2D eigenvalue weighted by atomic mass is 16.5. The van der Waals surface area contributed by atoms with Crippen LogP contribution in [0, 0.1) is 6.92 Å². The van der Waals surface area contributed by atoms with Crippen molar-refractivity contribution in [3.05, 3.63) is 60.6 Å². The van der Waals surface area contributed by atoms with Crippen molar-refractivity contribution in [1.29, 1.82) is 0 Å². The van der Waals surface area contributed by atoms with E-state index >= 15 is 0 Å². The molecule has 0 radical (unpaired) electrons. The number of carbonyl (C=O) groups is 1. The average Bonchev–Trinajstić information content (AvgIpc) is 3.39. The summed E-state index contributed by atoms with van der Waals surface area (Å²) < 4.78 is 7.20. The maximum atomic E-state index is 12.1. The minimum atomic E-state index is -0.0513. The second-order valence-corrected chi connectivity index (χ2v) is 7.11. The van der Waals surface area contributed by atoms with Crippen molar-refractivity contribution in [1.82, 2.24) is 20.1 Å². The molecule has 2 aromatic heterocycles. The zero-order valence-corrected chi connectivity index (χ0v) is 16.0. The summed E-state index contributed by atoms with van der Waals surface area (Å²) in [5, 5.41) is 7.48. The number of benzene rings is 1. The molecule has 6 nitrogen and oxygen atoms in total. The summed E-state index contributed by atoms with van der Waals surface area (Å²) in [5.74, 6) is -0.0513. The van der Waals surface area contributed by atoms with Crippen LogP contribution in [-0.2, 0) is 16.1 Å². The molecule has 3 heterocycles. The minimum absolute atomic E-state index is 0.0513. The van der Waals surface area contributed by atoms with Crippen LogP contribution in [0.2, 0.25) is 0 Å². The summed E-state index contributed by atoms with van der Waals surface area (Å²) in [6, 6.07) is 14.2. The van der Waals surface area contributed by atoms with Crippen LogP contribution in [0.25, 0.3) is 22.4 Å². The highest BCUT2D eigenvalue weighted by molar-refractivity contribution is 5.76. The fraction of sp³-hybridized carbons (Fsp3) is 0.318. The third-order valence-electron chi connectivity index (χ3n) is 4.90. The molecule has 1 aliphatic rings. The van der Waals surface area contributed by atoms with Gasteiger partial charge in [-0.1, -0.05) is 24.3 Å². The third kappa shape index (κ3) is 4.46. The van der Waals surface area contributed by atoms with Crippen LogP contribution in [-0.4, -0.2) is 39.9 Å². The van der Waals surface area contributed by atoms with E-state index in [-0.39, 0.29) is 18.6 Å². The third-order valence-corrected chi connectivity index (χ3v) is 4.90. The molecular weight excluding hydrogens is 352 g/mol.